The number of benzene rings is 2. The minimum Gasteiger partial charge on any atom is -0.361 e. The summed E-state index contributed by atoms with van der Waals surface area (Å²) in [5, 5.41) is 1.36. The average Bonchev–Trinajstić information content (AvgIpc) is 3.39. The van der Waals surface area contributed by atoms with Gasteiger partial charge >= 0.3 is 0 Å². The molecule has 1 amide bonds. The molecule has 0 spiro atoms. The van der Waals surface area contributed by atoms with Crippen LogP contribution in [0.4, 0.5) is 0 Å². The number of aryl methyl sites for hydroxylation is 3. The normalized spacial score (nSPS) is 19.4. The molecule has 2 aliphatic rings. The number of amides is 1. The Hall–Kier alpha value is -2.59. The van der Waals surface area contributed by atoms with E-state index in [1.54, 1.807) is 0 Å². The summed E-state index contributed by atoms with van der Waals surface area (Å²) in [7, 11) is 0. The molecule has 5 rings (SSSR count). The van der Waals surface area contributed by atoms with Crippen LogP contribution in [0.5, 0.6) is 0 Å². The Labute approximate surface area is 185 Å². The van der Waals surface area contributed by atoms with E-state index >= 15 is 0 Å². The molecule has 1 atom stereocenters. The van der Waals surface area contributed by atoms with Crippen LogP contribution in [-0.4, -0.2) is 53.4 Å². The standard InChI is InChI=1S/C27H33N3O/c1-19-14-22-10-13-30(27(31)25(22)15-20(19)2)18-21-9-12-29(17-21)11-5-6-23-16-28-26-8-4-3-7-24(23)26/h3-4,7-8,14-16,21,28H,5-6,9-13,17-18H2,1-2H3. The lowest BCUT2D eigenvalue weighted by Crippen LogP contribution is -2.41. The van der Waals surface area contributed by atoms with Crippen molar-refractivity contribution >= 4 is 16.8 Å². The number of nitrogens with zero attached hydrogens (tertiary/aromatic N) is 2. The first-order valence-corrected chi connectivity index (χ1v) is 11.8. The lowest BCUT2D eigenvalue weighted by Gasteiger charge is -2.31. The van der Waals surface area contributed by atoms with Crippen molar-refractivity contribution in [3.63, 3.8) is 0 Å². The van der Waals surface area contributed by atoms with E-state index in [2.05, 4.69) is 71.2 Å². The zero-order chi connectivity index (χ0) is 21.4. The van der Waals surface area contributed by atoms with Crippen LogP contribution in [0.2, 0.25) is 0 Å². The van der Waals surface area contributed by atoms with Gasteiger partial charge in [-0.1, -0.05) is 24.3 Å². The van der Waals surface area contributed by atoms with Gasteiger partial charge in [-0.15, -0.1) is 0 Å². The third-order valence-electron chi connectivity index (χ3n) is 7.33. The average molecular weight is 416 g/mol. The van der Waals surface area contributed by atoms with Gasteiger partial charge in [0.15, 0.2) is 0 Å². The van der Waals surface area contributed by atoms with E-state index in [0.717, 1.165) is 51.1 Å². The number of aromatic nitrogens is 1. The predicted octanol–water partition coefficient (Wildman–Crippen LogP) is 4.74. The summed E-state index contributed by atoms with van der Waals surface area (Å²) in [6, 6.07) is 12.9. The van der Waals surface area contributed by atoms with Gasteiger partial charge < -0.3 is 14.8 Å². The molecule has 0 radical (unpaired) electrons. The second-order valence-electron chi connectivity index (χ2n) is 9.51. The molecule has 4 heteroatoms. The van der Waals surface area contributed by atoms with Crippen LogP contribution in [0.3, 0.4) is 0 Å². The number of H-pyrrole nitrogens is 1. The minimum atomic E-state index is 0.238. The molecule has 1 N–H and O–H groups in total. The van der Waals surface area contributed by atoms with E-state index in [1.165, 1.54) is 46.0 Å². The van der Waals surface area contributed by atoms with Crippen molar-refractivity contribution in [2.45, 2.75) is 39.5 Å². The first-order chi connectivity index (χ1) is 15.1. The van der Waals surface area contributed by atoms with E-state index < -0.39 is 0 Å². The topological polar surface area (TPSA) is 39.3 Å². The van der Waals surface area contributed by atoms with Crippen molar-refractivity contribution in [2.75, 3.05) is 32.7 Å². The fourth-order valence-corrected chi connectivity index (χ4v) is 5.39. The van der Waals surface area contributed by atoms with Gasteiger partial charge in [-0.25, -0.2) is 0 Å². The monoisotopic (exact) mass is 415 g/mol. The van der Waals surface area contributed by atoms with Crippen molar-refractivity contribution < 1.29 is 4.79 Å². The Morgan fingerprint density at radius 3 is 2.84 bits per heavy atom. The number of rotatable bonds is 6. The molecule has 2 aliphatic heterocycles. The minimum absolute atomic E-state index is 0.238. The Kier molecular flexibility index (Phi) is 5.58. The maximum Gasteiger partial charge on any atom is 0.254 e. The molecule has 4 nitrogen and oxygen atoms in total. The summed E-state index contributed by atoms with van der Waals surface area (Å²) >= 11 is 0. The quantitative estimate of drug-likeness (QED) is 0.632. The Morgan fingerprint density at radius 1 is 1.10 bits per heavy atom. The first-order valence-electron chi connectivity index (χ1n) is 11.8. The second kappa shape index (κ2) is 8.51. The zero-order valence-corrected chi connectivity index (χ0v) is 18.8. The summed E-state index contributed by atoms with van der Waals surface area (Å²) in [4.78, 5) is 21.2. The molecule has 31 heavy (non-hydrogen) atoms. The van der Waals surface area contributed by atoms with E-state index in [9.17, 15) is 4.79 Å². The number of hydrogen-bond acceptors (Lipinski definition) is 2. The molecule has 0 aliphatic carbocycles. The smallest absolute Gasteiger partial charge is 0.254 e. The van der Waals surface area contributed by atoms with Crippen LogP contribution < -0.4 is 0 Å². The Bertz CT molecular complexity index is 1100. The molecule has 162 valence electrons. The van der Waals surface area contributed by atoms with Gasteiger partial charge in [-0.05, 0) is 92.9 Å². The molecule has 1 saturated heterocycles. The second-order valence-corrected chi connectivity index (χ2v) is 9.51. The molecule has 0 saturated carbocycles. The molecule has 3 aromatic rings. The van der Waals surface area contributed by atoms with Crippen molar-refractivity contribution in [2.24, 2.45) is 5.92 Å². The maximum atomic E-state index is 13.1. The first kappa shape index (κ1) is 20.3. The van der Waals surface area contributed by atoms with Crippen LogP contribution >= 0.6 is 0 Å². The Morgan fingerprint density at radius 2 is 1.94 bits per heavy atom. The van der Waals surface area contributed by atoms with Crippen molar-refractivity contribution in [1.82, 2.24) is 14.8 Å². The molecule has 0 bridgehead atoms. The summed E-state index contributed by atoms with van der Waals surface area (Å²) in [5.74, 6) is 0.840. The number of aromatic amines is 1. The zero-order valence-electron chi connectivity index (χ0n) is 18.8. The number of likely N-dealkylation sites (tertiary alicyclic amines) is 1. The van der Waals surface area contributed by atoms with E-state index in [0.29, 0.717) is 5.92 Å². The summed E-state index contributed by atoms with van der Waals surface area (Å²) in [5.41, 5.74) is 7.33. The largest absolute Gasteiger partial charge is 0.361 e. The number of para-hydroxylation sites is 1. The van der Waals surface area contributed by atoms with Crippen LogP contribution in [0, 0.1) is 19.8 Å². The van der Waals surface area contributed by atoms with E-state index in [-0.39, 0.29) is 5.91 Å². The van der Waals surface area contributed by atoms with Gasteiger partial charge in [0, 0.05) is 42.3 Å². The molecule has 1 fully saturated rings. The van der Waals surface area contributed by atoms with Gasteiger partial charge in [0.05, 0.1) is 0 Å². The highest BCUT2D eigenvalue weighted by Gasteiger charge is 2.30. The molecular formula is C27H33N3O. The van der Waals surface area contributed by atoms with Crippen LogP contribution in [0.1, 0.15) is 45.5 Å². The Balaban J connectivity index is 1.12. The molecule has 2 aromatic carbocycles. The van der Waals surface area contributed by atoms with Crippen molar-refractivity contribution in [3.8, 4) is 0 Å². The molecule has 1 unspecified atom stereocenters. The lowest BCUT2D eigenvalue weighted by atomic mass is 9.93. The summed E-state index contributed by atoms with van der Waals surface area (Å²) < 4.78 is 0. The van der Waals surface area contributed by atoms with Crippen LogP contribution in [0.25, 0.3) is 10.9 Å². The third kappa shape index (κ3) is 4.14. The van der Waals surface area contributed by atoms with Crippen molar-refractivity contribution in [1.29, 1.82) is 0 Å². The van der Waals surface area contributed by atoms with Crippen LogP contribution in [0.15, 0.2) is 42.6 Å². The van der Waals surface area contributed by atoms with Gasteiger partial charge in [0.1, 0.15) is 0 Å². The van der Waals surface area contributed by atoms with Gasteiger partial charge in [-0.2, -0.15) is 0 Å². The van der Waals surface area contributed by atoms with Crippen LogP contribution in [-0.2, 0) is 12.8 Å². The number of carbonyl (C=O) groups excluding carboxylic acids is 1. The number of nitrogens with one attached hydrogen (secondary N) is 1. The predicted molar refractivity (Wildman–Crippen MR) is 127 cm³/mol. The maximum absolute atomic E-state index is 13.1. The molecule has 1 aromatic heterocycles. The van der Waals surface area contributed by atoms with Gasteiger partial charge in [0.25, 0.3) is 5.91 Å². The highest BCUT2D eigenvalue weighted by Crippen LogP contribution is 2.26. The number of hydrogen-bond donors (Lipinski definition) is 1. The SMILES string of the molecule is Cc1cc2c(cc1C)C(=O)N(CC1CCN(CCCc3c[nH]c4ccccc34)C1)CC2. The highest BCUT2D eigenvalue weighted by atomic mass is 16.2. The van der Waals surface area contributed by atoms with Gasteiger partial charge in [-0.3, -0.25) is 4.79 Å². The van der Waals surface area contributed by atoms with Gasteiger partial charge in [0.2, 0.25) is 0 Å². The molecule has 3 heterocycles. The summed E-state index contributed by atoms with van der Waals surface area (Å²) in [6.07, 6.45) is 6.66. The third-order valence-corrected chi connectivity index (χ3v) is 7.33. The molecular weight excluding hydrogens is 382 g/mol. The summed E-state index contributed by atoms with van der Waals surface area (Å²) in [6.45, 7) is 9.44. The van der Waals surface area contributed by atoms with Crippen molar-refractivity contribution in [3.05, 3.63) is 70.4 Å². The number of carbonyl (C=O) groups is 1. The van der Waals surface area contributed by atoms with E-state index in [4.69, 9.17) is 0 Å². The fourth-order valence-electron chi connectivity index (χ4n) is 5.39. The highest BCUT2D eigenvalue weighted by molar-refractivity contribution is 5.97. The lowest BCUT2D eigenvalue weighted by molar-refractivity contribution is 0.0712. The fraction of sp³-hybridized carbons (Fsp3) is 0.444. The number of fused-ring (bicyclic) bond motifs is 2. The van der Waals surface area contributed by atoms with E-state index in [1.807, 2.05) is 0 Å².